The third-order valence-corrected chi connectivity index (χ3v) is 2.20. The minimum atomic E-state index is -0.328. The molecule has 0 aliphatic carbocycles. The van der Waals surface area contributed by atoms with Crippen molar-refractivity contribution in [1.29, 1.82) is 0 Å². The smallest absolute Gasteiger partial charge is 0.335 e. The van der Waals surface area contributed by atoms with Crippen LogP contribution < -0.4 is 0 Å². The largest absolute Gasteiger partial charge is 0.489 e. The lowest BCUT2D eigenvalue weighted by Gasteiger charge is -2.10. The van der Waals surface area contributed by atoms with Crippen molar-refractivity contribution in [3.8, 4) is 0 Å². The summed E-state index contributed by atoms with van der Waals surface area (Å²) < 4.78 is 10.4. The third-order valence-electron chi connectivity index (χ3n) is 2.20. The number of hydrogen-bond donors (Lipinski definition) is 0. The van der Waals surface area contributed by atoms with Gasteiger partial charge in [0, 0.05) is 0 Å². The monoisotopic (exact) mass is 204 g/mol. The average molecular weight is 204 g/mol. The summed E-state index contributed by atoms with van der Waals surface area (Å²) in [6.07, 6.45) is 1.13. The molecule has 1 heterocycles. The van der Waals surface area contributed by atoms with Crippen LogP contribution >= 0.6 is 0 Å². The van der Waals surface area contributed by atoms with Crippen molar-refractivity contribution in [1.82, 2.24) is 0 Å². The fourth-order valence-electron chi connectivity index (χ4n) is 1.40. The van der Waals surface area contributed by atoms with E-state index in [0.717, 1.165) is 5.56 Å². The van der Waals surface area contributed by atoms with Gasteiger partial charge in [0.15, 0.2) is 6.10 Å². The second-order valence-corrected chi connectivity index (χ2v) is 3.40. The number of benzene rings is 1. The molecule has 0 saturated carbocycles. The van der Waals surface area contributed by atoms with Crippen molar-refractivity contribution in [3.63, 3.8) is 0 Å². The summed E-state index contributed by atoms with van der Waals surface area (Å²) >= 11 is 0. The van der Waals surface area contributed by atoms with Crippen LogP contribution in [0, 0.1) is 0 Å². The molecule has 0 aromatic heterocycles. The SMILES string of the molecule is C[C@H]1OC(=O)C=C1OCc1ccccc1. The first-order valence-corrected chi connectivity index (χ1v) is 4.84. The van der Waals surface area contributed by atoms with Gasteiger partial charge in [-0.1, -0.05) is 30.3 Å². The normalized spacial score (nSPS) is 19.7. The van der Waals surface area contributed by atoms with Crippen molar-refractivity contribution in [2.24, 2.45) is 0 Å². The van der Waals surface area contributed by atoms with Crippen LogP contribution in [0.1, 0.15) is 12.5 Å². The molecule has 2 rings (SSSR count). The molecule has 0 fully saturated rings. The van der Waals surface area contributed by atoms with E-state index in [4.69, 9.17) is 9.47 Å². The average Bonchev–Trinajstić information content (AvgIpc) is 2.56. The lowest BCUT2D eigenvalue weighted by Crippen LogP contribution is -2.08. The molecule has 0 radical (unpaired) electrons. The van der Waals surface area contributed by atoms with Gasteiger partial charge in [0.1, 0.15) is 12.4 Å². The molecule has 1 aromatic carbocycles. The number of carbonyl (C=O) groups excluding carboxylic acids is 1. The zero-order valence-corrected chi connectivity index (χ0v) is 8.47. The third kappa shape index (κ3) is 2.37. The highest BCUT2D eigenvalue weighted by atomic mass is 16.6. The summed E-state index contributed by atoms with van der Waals surface area (Å²) in [5.74, 6) is 0.273. The molecule has 0 unspecified atom stereocenters. The van der Waals surface area contributed by atoms with Crippen LogP contribution in [0.5, 0.6) is 0 Å². The molecule has 0 spiro atoms. The number of hydrogen-bond acceptors (Lipinski definition) is 3. The zero-order chi connectivity index (χ0) is 10.7. The Morgan fingerprint density at radius 2 is 2.07 bits per heavy atom. The van der Waals surface area contributed by atoms with E-state index in [2.05, 4.69) is 0 Å². The van der Waals surface area contributed by atoms with Crippen LogP contribution in [0.15, 0.2) is 42.2 Å². The van der Waals surface area contributed by atoms with E-state index in [-0.39, 0.29) is 12.1 Å². The van der Waals surface area contributed by atoms with Crippen molar-refractivity contribution in [2.45, 2.75) is 19.6 Å². The maximum atomic E-state index is 10.9. The maximum absolute atomic E-state index is 10.9. The molecule has 3 heteroatoms. The Bertz CT molecular complexity index is 381. The molecule has 0 N–H and O–H groups in total. The van der Waals surface area contributed by atoms with Crippen LogP contribution in [0.3, 0.4) is 0 Å². The Balaban J connectivity index is 1.94. The summed E-state index contributed by atoms with van der Waals surface area (Å²) in [5.41, 5.74) is 1.07. The molecule has 78 valence electrons. The standard InChI is InChI=1S/C12H12O3/c1-9-11(7-12(13)15-9)14-8-10-5-3-2-4-6-10/h2-7,9H,8H2,1H3/t9-/m1/s1. The molecule has 1 atom stereocenters. The first-order valence-electron chi connectivity index (χ1n) is 4.84. The van der Waals surface area contributed by atoms with Crippen molar-refractivity contribution >= 4 is 5.97 Å². The molecule has 15 heavy (non-hydrogen) atoms. The maximum Gasteiger partial charge on any atom is 0.335 e. The first kappa shape index (κ1) is 9.77. The van der Waals surface area contributed by atoms with E-state index >= 15 is 0 Å². The van der Waals surface area contributed by atoms with E-state index in [1.165, 1.54) is 6.08 Å². The Labute approximate surface area is 88.3 Å². The van der Waals surface area contributed by atoms with Gasteiger partial charge in [-0.05, 0) is 12.5 Å². The molecule has 1 aliphatic rings. The summed E-state index contributed by atoms with van der Waals surface area (Å²) in [6, 6.07) is 9.80. The van der Waals surface area contributed by atoms with Crippen molar-refractivity contribution in [2.75, 3.05) is 0 Å². The van der Waals surface area contributed by atoms with Gasteiger partial charge < -0.3 is 9.47 Å². The van der Waals surface area contributed by atoms with Crippen LogP contribution in [-0.4, -0.2) is 12.1 Å². The predicted octanol–water partition coefficient (Wildman–Crippen LogP) is 2.03. The quantitative estimate of drug-likeness (QED) is 0.707. The number of cyclic esters (lactones) is 1. The molecule has 0 saturated heterocycles. The van der Waals surface area contributed by atoms with Gasteiger partial charge in [-0.3, -0.25) is 0 Å². The lowest BCUT2D eigenvalue weighted by molar-refractivity contribution is -0.138. The topological polar surface area (TPSA) is 35.5 Å². The van der Waals surface area contributed by atoms with Crippen LogP contribution in [0.2, 0.25) is 0 Å². The molecular formula is C12H12O3. The van der Waals surface area contributed by atoms with Gasteiger partial charge >= 0.3 is 5.97 Å². The molecule has 1 aromatic rings. The molecule has 3 nitrogen and oxygen atoms in total. The minimum Gasteiger partial charge on any atom is -0.489 e. The summed E-state index contributed by atoms with van der Waals surface area (Å²) in [6.45, 7) is 2.26. The lowest BCUT2D eigenvalue weighted by atomic mass is 10.2. The zero-order valence-electron chi connectivity index (χ0n) is 8.47. The van der Waals surface area contributed by atoms with Gasteiger partial charge in [0.25, 0.3) is 0 Å². The highest BCUT2D eigenvalue weighted by molar-refractivity contribution is 5.85. The van der Waals surface area contributed by atoms with Gasteiger partial charge in [-0.2, -0.15) is 0 Å². The summed E-state index contributed by atoms with van der Waals surface area (Å²) in [4.78, 5) is 10.9. The van der Waals surface area contributed by atoms with Crippen LogP contribution in [0.25, 0.3) is 0 Å². The van der Waals surface area contributed by atoms with Gasteiger partial charge in [-0.15, -0.1) is 0 Å². The Hall–Kier alpha value is -1.77. The van der Waals surface area contributed by atoms with E-state index in [1.807, 2.05) is 30.3 Å². The number of rotatable bonds is 3. The minimum absolute atomic E-state index is 0.263. The van der Waals surface area contributed by atoms with Crippen LogP contribution in [-0.2, 0) is 20.9 Å². The van der Waals surface area contributed by atoms with E-state index in [0.29, 0.717) is 12.4 Å². The second kappa shape index (κ2) is 4.17. The van der Waals surface area contributed by atoms with Crippen molar-refractivity contribution in [3.05, 3.63) is 47.7 Å². The highest BCUT2D eigenvalue weighted by Gasteiger charge is 2.23. The van der Waals surface area contributed by atoms with Gasteiger partial charge in [0.05, 0.1) is 6.08 Å². The Kier molecular flexibility index (Phi) is 2.72. The summed E-state index contributed by atoms with van der Waals surface area (Å²) in [7, 11) is 0. The van der Waals surface area contributed by atoms with Crippen LogP contribution in [0.4, 0.5) is 0 Å². The molecular weight excluding hydrogens is 192 g/mol. The molecule has 0 bridgehead atoms. The van der Waals surface area contributed by atoms with Gasteiger partial charge in [-0.25, -0.2) is 4.79 Å². The summed E-state index contributed by atoms with van der Waals surface area (Å²) in [5, 5.41) is 0. The fraction of sp³-hybridized carbons (Fsp3) is 0.250. The Morgan fingerprint density at radius 1 is 1.33 bits per heavy atom. The second-order valence-electron chi connectivity index (χ2n) is 3.40. The van der Waals surface area contributed by atoms with E-state index < -0.39 is 0 Å². The highest BCUT2D eigenvalue weighted by Crippen LogP contribution is 2.17. The molecule has 0 amide bonds. The van der Waals surface area contributed by atoms with Crippen molar-refractivity contribution < 1.29 is 14.3 Å². The first-order chi connectivity index (χ1) is 7.25. The van der Waals surface area contributed by atoms with E-state index in [9.17, 15) is 4.79 Å². The van der Waals surface area contributed by atoms with E-state index in [1.54, 1.807) is 6.92 Å². The number of esters is 1. The Morgan fingerprint density at radius 3 is 2.67 bits per heavy atom. The molecule has 1 aliphatic heterocycles. The predicted molar refractivity (Wildman–Crippen MR) is 54.9 cm³/mol. The fourth-order valence-corrected chi connectivity index (χ4v) is 1.40. The van der Waals surface area contributed by atoms with Gasteiger partial charge in [0.2, 0.25) is 0 Å². The number of ether oxygens (including phenoxy) is 2. The number of carbonyl (C=O) groups is 1.